The van der Waals surface area contributed by atoms with E-state index in [1.807, 2.05) is 91.0 Å². The second kappa shape index (κ2) is 12.9. The molecule has 4 nitrogen and oxygen atoms in total. The average molecular weight is 688 g/mol. The molecule has 7 aromatic carbocycles. The molecule has 0 bridgehead atoms. The standard InChI is InChI=1S/C49H37NO3/c1-4-48(5-2)44-32-35(50-3)24-29-42(44)45-40-18-12-13-19-41(40)47-43(46(45)48)30-31-49(53-47,33-20-25-38(26-21-33)51-36-14-8-6-9-15-36)34-22-27-39(28-23-34)52-37-16-10-7-11-17-37/h6-32H,4-5H2,1-2H3. The van der Waals surface area contributed by atoms with Gasteiger partial charge in [-0.3, -0.25) is 0 Å². The van der Waals surface area contributed by atoms with Crippen LogP contribution in [0.4, 0.5) is 5.69 Å². The van der Waals surface area contributed by atoms with E-state index in [0.29, 0.717) is 5.69 Å². The highest BCUT2D eigenvalue weighted by Crippen LogP contribution is 2.60. The Morgan fingerprint density at radius 1 is 0.604 bits per heavy atom. The molecular weight excluding hydrogens is 651 g/mol. The van der Waals surface area contributed by atoms with Crippen molar-refractivity contribution in [2.75, 3.05) is 0 Å². The molecule has 53 heavy (non-hydrogen) atoms. The Bertz CT molecular complexity index is 2460. The van der Waals surface area contributed by atoms with Crippen LogP contribution < -0.4 is 14.2 Å². The van der Waals surface area contributed by atoms with Crippen molar-refractivity contribution in [2.45, 2.75) is 37.7 Å². The number of hydrogen-bond acceptors (Lipinski definition) is 3. The van der Waals surface area contributed by atoms with Crippen LogP contribution in [0.1, 0.15) is 54.5 Å². The molecule has 1 heterocycles. The Kier molecular flexibility index (Phi) is 7.86. The van der Waals surface area contributed by atoms with Gasteiger partial charge < -0.3 is 14.2 Å². The molecule has 0 unspecified atom stereocenters. The molecule has 1 aliphatic heterocycles. The van der Waals surface area contributed by atoms with Crippen LogP contribution in [0.5, 0.6) is 28.7 Å². The van der Waals surface area contributed by atoms with Gasteiger partial charge in [-0.1, -0.05) is 123 Å². The quantitative estimate of drug-likeness (QED) is 0.149. The molecule has 7 aromatic rings. The van der Waals surface area contributed by atoms with Gasteiger partial charge >= 0.3 is 0 Å². The van der Waals surface area contributed by atoms with Crippen molar-refractivity contribution in [3.05, 3.63) is 197 Å². The smallest absolute Gasteiger partial charge is 0.187 e. The lowest BCUT2D eigenvalue weighted by molar-refractivity contribution is 0.163. The van der Waals surface area contributed by atoms with E-state index in [9.17, 15) is 0 Å². The number of benzene rings is 7. The van der Waals surface area contributed by atoms with Crippen molar-refractivity contribution in [3.63, 3.8) is 0 Å². The molecule has 0 N–H and O–H groups in total. The van der Waals surface area contributed by atoms with Gasteiger partial charge in [-0.25, -0.2) is 4.85 Å². The molecule has 2 aliphatic rings. The summed E-state index contributed by atoms with van der Waals surface area (Å²) in [6, 6.07) is 50.9. The number of para-hydroxylation sites is 2. The number of hydrogen-bond donors (Lipinski definition) is 0. The second-order valence-electron chi connectivity index (χ2n) is 13.7. The minimum Gasteiger partial charge on any atom is -0.472 e. The van der Waals surface area contributed by atoms with Crippen LogP contribution in [0.25, 0.3) is 32.8 Å². The fourth-order valence-corrected chi connectivity index (χ4v) is 8.47. The first-order chi connectivity index (χ1) is 26.1. The first kappa shape index (κ1) is 32.3. The van der Waals surface area contributed by atoms with E-state index >= 15 is 0 Å². The van der Waals surface area contributed by atoms with E-state index < -0.39 is 5.60 Å². The molecule has 9 rings (SSSR count). The summed E-state index contributed by atoms with van der Waals surface area (Å²) < 4.78 is 19.9. The first-order valence-corrected chi connectivity index (χ1v) is 18.2. The van der Waals surface area contributed by atoms with Crippen LogP contribution in [0.2, 0.25) is 0 Å². The van der Waals surface area contributed by atoms with Crippen LogP contribution in [0.3, 0.4) is 0 Å². The van der Waals surface area contributed by atoms with Gasteiger partial charge in [-0.05, 0) is 95.1 Å². The van der Waals surface area contributed by atoms with Gasteiger partial charge in [0.05, 0.1) is 6.57 Å². The zero-order valence-electron chi connectivity index (χ0n) is 29.7. The van der Waals surface area contributed by atoms with E-state index in [1.54, 1.807) is 0 Å². The lowest BCUT2D eigenvalue weighted by Crippen LogP contribution is -2.35. The maximum atomic E-state index is 7.82. The summed E-state index contributed by atoms with van der Waals surface area (Å²) in [5.74, 6) is 3.93. The summed E-state index contributed by atoms with van der Waals surface area (Å²) in [5.41, 5.74) is 7.49. The topological polar surface area (TPSA) is 32.0 Å². The summed E-state index contributed by atoms with van der Waals surface area (Å²) in [6.45, 7) is 12.4. The molecule has 0 atom stereocenters. The summed E-state index contributed by atoms with van der Waals surface area (Å²) in [5, 5.41) is 2.22. The van der Waals surface area contributed by atoms with Gasteiger partial charge in [0.2, 0.25) is 0 Å². The van der Waals surface area contributed by atoms with Crippen molar-refractivity contribution in [2.24, 2.45) is 0 Å². The van der Waals surface area contributed by atoms with Gasteiger partial charge in [0.25, 0.3) is 0 Å². The highest BCUT2D eigenvalue weighted by Gasteiger charge is 2.46. The molecule has 0 fully saturated rings. The summed E-state index contributed by atoms with van der Waals surface area (Å²) >= 11 is 0. The highest BCUT2D eigenvalue weighted by atomic mass is 16.5. The fourth-order valence-electron chi connectivity index (χ4n) is 8.47. The monoisotopic (exact) mass is 687 g/mol. The van der Waals surface area contributed by atoms with Crippen molar-refractivity contribution >= 4 is 22.5 Å². The SMILES string of the molecule is [C-]#[N+]c1ccc2c(c1)C(CC)(CC)c1c3c(c4ccccc4c1-2)OC(c1ccc(Oc2ccccc2)cc1)(c1ccc(Oc2ccccc2)cc1)C=C3. The second-order valence-corrected chi connectivity index (χ2v) is 13.7. The lowest BCUT2D eigenvalue weighted by atomic mass is 9.71. The van der Waals surface area contributed by atoms with Crippen molar-refractivity contribution < 1.29 is 14.2 Å². The first-order valence-electron chi connectivity index (χ1n) is 18.2. The minimum atomic E-state index is -0.954. The normalized spacial score (nSPS) is 14.4. The third-order valence-corrected chi connectivity index (χ3v) is 11.1. The van der Waals surface area contributed by atoms with E-state index in [4.69, 9.17) is 20.8 Å². The highest BCUT2D eigenvalue weighted by molar-refractivity contribution is 6.08. The molecule has 0 spiro atoms. The van der Waals surface area contributed by atoms with Crippen molar-refractivity contribution in [3.8, 4) is 39.9 Å². The summed E-state index contributed by atoms with van der Waals surface area (Å²) in [6.07, 6.45) is 6.31. The van der Waals surface area contributed by atoms with Crippen molar-refractivity contribution in [1.82, 2.24) is 0 Å². The number of ether oxygens (including phenoxy) is 3. The number of rotatable bonds is 8. The maximum Gasteiger partial charge on any atom is 0.187 e. The summed E-state index contributed by atoms with van der Waals surface area (Å²) in [4.78, 5) is 3.83. The Labute approximate surface area is 310 Å². The molecule has 0 saturated heterocycles. The summed E-state index contributed by atoms with van der Waals surface area (Å²) in [7, 11) is 0. The van der Waals surface area contributed by atoms with E-state index in [2.05, 4.69) is 91.5 Å². The minimum absolute atomic E-state index is 0.264. The van der Waals surface area contributed by atoms with Gasteiger partial charge in [0.1, 0.15) is 28.7 Å². The molecule has 0 radical (unpaired) electrons. The van der Waals surface area contributed by atoms with Gasteiger partial charge in [-0.15, -0.1) is 0 Å². The van der Waals surface area contributed by atoms with Gasteiger partial charge in [-0.2, -0.15) is 0 Å². The van der Waals surface area contributed by atoms with E-state index in [0.717, 1.165) is 69.1 Å². The Morgan fingerprint density at radius 2 is 1.13 bits per heavy atom. The molecule has 1 aliphatic carbocycles. The van der Waals surface area contributed by atoms with E-state index in [1.165, 1.54) is 22.3 Å². The average Bonchev–Trinajstić information content (AvgIpc) is 3.52. The maximum absolute atomic E-state index is 7.82. The Hall–Kier alpha value is -6.57. The molecule has 256 valence electrons. The van der Waals surface area contributed by atoms with Crippen LogP contribution in [0, 0.1) is 6.57 Å². The Balaban J connectivity index is 1.23. The molecule has 0 amide bonds. The number of nitrogens with zero attached hydrogens (tertiary/aromatic N) is 1. The van der Waals surface area contributed by atoms with Crippen LogP contribution in [0.15, 0.2) is 158 Å². The van der Waals surface area contributed by atoms with Crippen LogP contribution in [-0.2, 0) is 11.0 Å². The van der Waals surface area contributed by atoms with Crippen molar-refractivity contribution in [1.29, 1.82) is 0 Å². The van der Waals surface area contributed by atoms with Crippen LogP contribution in [-0.4, -0.2) is 0 Å². The van der Waals surface area contributed by atoms with Gasteiger partial charge in [0.15, 0.2) is 11.3 Å². The third kappa shape index (κ3) is 5.20. The van der Waals surface area contributed by atoms with E-state index in [-0.39, 0.29) is 5.41 Å². The molecular formula is C49H37NO3. The predicted molar refractivity (Wildman–Crippen MR) is 213 cm³/mol. The predicted octanol–water partition coefficient (Wildman–Crippen LogP) is 13.4. The Morgan fingerprint density at radius 3 is 1.68 bits per heavy atom. The zero-order valence-corrected chi connectivity index (χ0v) is 29.7. The molecule has 0 saturated carbocycles. The largest absolute Gasteiger partial charge is 0.472 e. The lowest BCUT2D eigenvalue weighted by Gasteiger charge is -2.39. The van der Waals surface area contributed by atoms with Crippen LogP contribution >= 0.6 is 0 Å². The third-order valence-electron chi connectivity index (χ3n) is 11.1. The molecule has 4 heteroatoms. The fraction of sp³-hybridized carbons (Fsp3) is 0.122. The number of fused-ring (bicyclic) bond motifs is 8. The zero-order chi connectivity index (χ0) is 36.0. The molecule has 0 aromatic heterocycles. The van der Waals surface area contributed by atoms with Gasteiger partial charge in [0, 0.05) is 27.5 Å².